The van der Waals surface area contributed by atoms with Crippen LogP contribution in [0, 0.1) is 15.9 Å². The van der Waals surface area contributed by atoms with E-state index in [1.54, 1.807) is 12.1 Å². The van der Waals surface area contributed by atoms with Gasteiger partial charge in [0.1, 0.15) is 5.82 Å². The van der Waals surface area contributed by atoms with Gasteiger partial charge in [-0.2, -0.15) is 0 Å². The Bertz CT molecular complexity index is 793. The van der Waals surface area contributed by atoms with Crippen LogP contribution in [0.25, 0.3) is 0 Å². The van der Waals surface area contributed by atoms with E-state index in [4.69, 9.17) is 0 Å². The molecule has 0 aromatic heterocycles. The van der Waals surface area contributed by atoms with Crippen molar-refractivity contribution in [3.63, 3.8) is 0 Å². The topological polar surface area (TPSA) is 89.3 Å². The third kappa shape index (κ3) is 5.29. The lowest BCUT2D eigenvalue weighted by molar-refractivity contribution is -0.384. The highest BCUT2D eigenvalue weighted by atomic mass is 32.2. The maximum atomic E-state index is 12.8. The monoisotopic (exact) mass is 370 g/mol. The smallest absolute Gasteiger partial charge is 0.258 e. The summed E-state index contributed by atoms with van der Waals surface area (Å²) in [4.78, 5) is 10.9. The van der Waals surface area contributed by atoms with Gasteiger partial charge in [0.25, 0.3) is 5.69 Å². The molecule has 0 fully saturated rings. The molecule has 0 saturated carbocycles. The predicted molar refractivity (Wildman–Crippen MR) is 90.0 cm³/mol. The van der Waals surface area contributed by atoms with Crippen molar-refractivity contribution in [3.05, 3.63) is 64.5 Å². The molecule has 0 unspecified atom stereocenters. The first kappa shape index (κ1) is 18.4. The van der Waals surface area contributed by atoms with Crippen LogP contribution in [0.3, 0.4) is 0 Å². The zero-order valence-corrected chi connectivity index (χ0v) is 14.1. The van der Waals surface area contributed by atoms with Crippen LogP contribution in [0.2, 0.25) is 0 Å². The van der Waals surface area contributed by atoms with Crippen LogP contribution in [0.1, 0.15) is 6.42 Å². The van der Waals surface area contributed by atoms with Crippen molar-refractivity contribution >= 4 is 27.5 Å². The summed E-state index contributed by atoms with van der Waals surface area (Å²) in [6.45, 7) is 0.244. The zero-order valence-electron chi connectivity index (χ0n) is 12.5. The molecule has 0 aliphatic heterocycles. The summed E-state index contributed by atoms with van der Waals surface area (Å²) in [6, 6.07) is 10.8. The highest BCUT2D eigenvalue weighted by Gasteiger charge is 2.15. The molecule has 128 valence electrons. The van der Waals surface area contributed by atoms with Gasteiger partial charge >= 0.3 is 0 Å². The van der Waals surface area contributed by atoms with Gasteiger partial charge in [0.15, 0.2) is 0 Å². The van der Waals surface area contributed by atoms with E-state index in [1.165, 1.54) is 36.0 Å². The van der Waals surface area contributed by atoms with Gasteiger partial charge in [0, 0.05) is 23.6 Å². The fourth-order valence-corrected chi connectivity index (χ4v) is 3.76. The average Bonchev–Trinajstić information content (AvgIpc) is 2.56. The summed E-state index contributed by atoms with van der Waals surface area (Å²) < 4.78 is 39.3. The number of sulfonamides is 1. The molecule has 0 amide bonds. The number of hydrogen-bond donors (Lipinski definition) is 1. The Morgan fingerprint density at radius 3 is 2.29 bits per heavy atom. The maximum Gasteiger partial charge on any atom is 0.269 e. The minimum Gasteiger partial charge on any atom is -0.258 e. The molecule has 2 aromatic rings. The first-order valence-corrected chi connectivity index (χ1v) is 9.48. The fraction of sp³-hybridized carbons (Fsp3) is 0.200. The van der Waals surface area contributed by atoms with E-state index >= 15 is 0 Å². The maximum absolute atomic E-state index is 12.8. The molecule has 24 heavy (non-hydrogen) atoms. The Morgan fingerprint density at radius 1 is 1.08 bits per heavy atom. The second kappa shape index (κ2) is 8.22. The zero-order chi connectivity index (χ0) is 17.6. The minimum absolute atomic E-state index is 0.0145. The lowest BCUT2D eigenvalue weighted by Crippen LogP contribution is -2.25. The number of nitro benzene ring substituents is 1. The van der Waals surface area contributed by atoms with Crippen LogP contribution >= 0.6 is 11.8 Å². The molecule has 1 N–H and O–H groups in total. The minimum atomic E-state index is -3.68. The van der Waals surface area contributed by atoms with Gasteiger partial charge in [-0.05, 0) is 48.6 Å². The Balaban J connectivity index is 1.80. The first-order valence-electron chi connectivity index (χ1n) is 7.01. The summed E-state index contributed by atoms with van der Waals surface area (Å²) in [5, 5.41) is 10.6. The summed E-state index contributed by atoms with van der Waals surface area (Å²) >= 11 is 1.50. The third-order valence-electron chi connectivity index (χ3n) is 3.05. The SMILES string of the molecule is O=[N+]([O-])c1ccc(S(=O)(=O)NCCCSc2ccc(F)cc2)cc1. The van der Waals surface area contributed by atoms with E-state index in [9.17, 15) is 22.9 Å². The lowest BCUT2D eigenvalue weighted by Gasteiger charge is -2.06. The average molecular weight is 370 g/mol. The van der Waals surface area contributed by atoms with Crippen molar-refractivity contribution < 1.29 is 17.7 Å². The molecule has 0 spiro atoms. The Labute approximate surface area is 143 Å². The van der Waals surface area contributed by atoms with E-state index in [2.05, 4.69) is 4.72 Å². The lowest BCUT2D eigenvalue weighted by atomic mass is 10.3. The molecule has 0 aliphatic rings. The Kier molecular flexibility index (Phi) is 6.29. The molecule has 0 saturated heterocycles. The molecule has 2 aromatic carbocycles. The van der Waals surface area contributed by atoms with Gasteiger partial charge in [0.2, 0.25) is 10.0 Å². The van der Waals surface area contributed by atoms with Crippen LogP contribution in [0.4, 0.5) is 10.1 Å². The Hall–Kier alpha value is -1.97. The van der Waals surface area contributed by atoms with Gasteiger partial charge in [0.05, 0.1) is 9.82 Å². The Morgan fingerprint density at radius 2 is 1.71 bits per heavy atom. The third-order valence-corrected chi connectivity index (χ3v) is 5.63. The number of thioether (sulfide) groups is 1. The second-order valence-electron chi connectivity index (χ2n) is 4.80. The number of nitrogens with zero attached hydrogens (tertiary/aromatic N) is 1. The summed E-state index contributed by atoms with van der Waals surface area (Å²) in [5.41, 5.74) is -0.162. The van der Waals surface area contributed by atoms with Gasteiger partial charge in [-0.25, -0.2) is 17.5 Å². The molecular weight excluding hydrogens is 355 g/mol. The highest BCUT2D eigenvalue weighted by Crippen LogP contribution is 2.19. The number of halogens is 1. The summed E-state index contributed by atoms with van der Waals surface area (Å²) in [6.07, 6.45) is 0.592. The molecule has 0 heterocycles. The number of nitrogens with one attached hydrogen (secondary N) is 1. The van der Waals surface area contributed by atoms with Crippen molar-refractivity contribution in [2.45, 2.75) is 16.2 Å². The second-order valence-corrected chi connectivity index (χ2v) is 7.74. The van der Waals surface area contributed by atoms with Crippen molar-refractivity contribution in [1.29, 1.82) is 0 Å². The van der Waals surface area contributed by atoms with E-state index in [-0.39, 0.29) is 22.9 Å². The number of benzene rings is 2. The van der Waals surface area contributed by atoms with Crippen LogP contribution < -0.4 is 4.72 Å². The van der Waals surface area contributed by atoms with Crippen molar-refractivity contribution in [2.24, 2.45) is 0 Å². The highest BCUT2D eigenvalue weighted by molar-refractivity contribution is 7.99. The van der Waals surface area contributed by atoms with Crippen molar-refractivity contribution in [1.82, 2.24) is 4.72 Å². The number of nitro groups is 1. The molecule has 6 nitrogen and oxygen atoms in total. The van der Waals surface area contributed by atoms with Crippen molar-refractivity contribution in [2.75, 3.05) is 12.3 Å². The molecule has 0 aliphatic carbocycles. The molecular formula is C15H15FN2O4S2. The van der Waals surface area contributed by atoms with Gasteiger partial charge in [-0.3, -0.25) is 10.1 Å². The van der Waals surface area contributed by atoms with Crippen LogP contribution in [-0.2, 0) is 10.0 Å². The molecule has 0 atom stereocenters. The van der Waals surface area contributed by atoms with Gasteiger partial charge in [-0.15, -0.1) is 11.8 Å². The predicted octanol–water partition coefficient (Wildman–Crippen LogP) is 3.19. The number of non-ortho nitro benzene ring substituents is 1. The fourth-order valence-electron chi connectivity index (χ4n) is 1.83. The van der Waals surface area contributed by atoms with E-state index in [1.807, 2.05) is 0 Å². The summed E-state index contributed by atoms with van der Waals surface area (Å²) in [5.74, 6) is 0.379. The van der Waals surface area contributed by atoms with E-state index < -0.39 is 14.9 Å². The largest absolute Gasteiger partial charge is 0.269 e. The van der Waals surface area contributed by atoms with Gasteiger partial charge < -0.3 is 0 Å². The quantitative estimate of drug-likeness (QED) is 0.334. The van der Waals surface area contributed by atoms with Crippen LogP contribution in [-0.4, -0.2) is 25.6 Å². The van der Waals surface area contributed by atoms with E-state index in [0.717, 1.165) is 17.0 Å². The normalized spacial score (nSPS) is 11.4. The van der Waals surface area contributed by atoms with Crippen LogP contribution in [0.5, 0.6) is 0 Å². The standard InChI is InChI=1S/C15H15FN2O4S2/c16-12-2-6-14(7-3-12)23-11-1-10-17-24(21,22)15-8-4-13(5-9-15)18(19)20/h2-9,17H,1,10-11H2. The van der Waals surface area contributed by atoms with Crippen LogP contribution in [0.15, 0.2) is 58.3 Å². The molecule has 0 radical (unpaired) electrons. The van der Waals surface area contributed by atoms with Gasteiger partial charge in [-0.1, -0.05) is 0 Å². The van der Waals surface area contributed by atoms with E-state index in [0.29, 0.717) is 12.2 Å². The number of rotatable bonds is 8. The molecule has 2 rings (SSSR count). The van der Waals surface area contributed by atoms with Crippen molar-refractivity contribution in [3.8, 4) is 0 Å². The molecule has 9 heteroatoms. The number of hydrogen-bond acceptors (Lipinski definition) is 5. The summed E-state index contributed by atoms with van der Waals surface area (Å²) in [7, 11) is -3.68. The molecule has 0 bridgehead atoms. The first-order chi connectivity index (χ1) is 11.4.